The molecule has 92 valence electrons. The molecule has 1 aromatic carbocycles. The molecule has 1 amide bonds. The SMILES string of the molecule is CNC(CN)c1ccc2c(c1)NC(=O)C(C)S2. The zero-order valence-electron chi connectivity index (χ0n) is 9.99. The van der Waals surface area contributed by atoms with Gasteiger partial charge in [-0.15, -0.1) is 11.8 Å². The molecule has 0 aromatic heterocycles. The summed E-state index contributed by atoms with van der Waals surface area (Å²) in [6, 6.07) is 6.23. The Kier molecular flexibility index (Phi) is 3.71. The summed E-state index contributed by atoms with van der Waals surface area (Å²) in [4.78, 5) is 12.7. The molecule has 0 radical (unpaired) electrons. The molecule has 0 saturated carbocycles. The summed E-state index contributed by atoms with van der Waals surface area (Å²) in [5, 5.41) is 6.05. The molecule has 0 aliphatic carbocycles. The number of rotatable bonds is 3. The quantitative estimate of drug-likeness (QED) is 0.758. The Labute approximate surface area is 105 Å². The van der Waals surface area contributed by atoms with Crippen molar-refractivity contribution in [3.63, 3.8) is 0 Å². The number of nitrogens with two attached hydrogens (primary N) is 1. The van der Waals surface area contributed by atoms with Crippen molar-refractivity contribution in [3.05, 3.63) is 23.8 Å². The van der Waals surface area contributed by atoms with E-state index in [-0.39, 0.29) is 17.2 Å². The molecule has 1 heterocycles. The lowest BCUT2D eigenvalue weighted by Crippen LogP contribution is -2.28. The standard InChI is InChI=1S/C12H17N3OS/c1-7-12(16)15-9-5-8(10(6-13)14-2)3-4-11(9)17-7/h3-5,7,10,14H,6,13H2,1-2H3,(H,15,16). The van der Waals surface area contributed by atoms with E-state index >= 15 is 0 Å². The maximum Gasteiger partial charge on any atom is 0.237 e. The molecular formula is C12H17N3OS. The molecule has 5 heteroatoms. The van der Waals surface area contributed by atoms with Crippen molar-refractivity contribution < 1.29 is 4.79 Å². The second-order valence-electron chi connectivity index (χ2n) is 4.08. The summed E-state index contributed by atoms with van der Waals surface area (Å²) >= 11 is 1.59. The van der Waals surface area contributed by atoms with E-state index in [1.54, 1.807) is 11.8 Å². The van der Waals surface area contributed by atoms with Crippen LogP contribution in [0.3, 0.4) is 0 Å². The molecule has 1 aliphatic rings. The van der Waals surface area contributed by atoms with Crippen molar-refractivity contribution in [1.82, 2.24) is 5.32 Å². The Morgan fingerprint density at radius 1 is 1.59 bits per heavy atom. The van der Waals surface area contributed by atoms with Gasteiger partial charge in [0.25, 0.3) is 0 Å². The van der Waals surface area contributed by atoms with Crippen molar-refractivity contribution in [2.75, 3.05) is 18.9 Å². The van der Waals surface area contributed by atoms with Crippen LogP contribution in [-0.4, -0.2) is 24.7 Å². The average molecular weight is 251 g/mol. The van der Waals surface area contributed by atoms with Crippen LogP contribution in [0.25, 0.3) is 0 Å². The number of nitrogens with one attached hydrogen (secondary N) is 2. The number of thioether (sulfide) groups is 1. The number of hydrogen-bond acceptors (Lipinski definition) is 4. The van der Waals surface area contributed by atoms with Crippen LogP contribution in [0.4, 0.5) is 5.69 Å². The highest BCUT2D eigenvalue weighted by Gasteiger charge is 2.23. The Balaban J connectivity index is 2.31. The summed E-state index contributed by atoms with van der Waals surface area (Å²) in [6.45, 7) is 2.44. The van der Waals surface area contributed by atoms with E-state index in [1.165, 1.54) is 0 Å². The Morgan fingerprint density at radius 2 is 2.35 bits per heavy atom. The van der Waals surface area contributed by atoms with Crippen molar-refractivity contribution >= 4 is 23.4 Å². The predicted octanol–water partition coefficient (Wildman–Crippen LogP) is 1.34. The van der Waals surface area contributed by atoms with E-state index in [0.29, 0.717) is 6.54 Å². The third-order valence-electron chi connectivity index (χ3n) is 2.92. The fourth-order valence-electron chi connectivity index (χ4n) is 1.86. The molecule has 17 heavy (non-hydrogen) atoms. The lowest BCUT2D eigenvalue weighted by Gasteiger charge is -2.23. The molecule has 4 nitrogen and oxygen atoms in total. The highest BCUT2D eigenvalue weighted by atomic mass is 32.2. The minimum Gasteiger partial charge on any atom is -0.329 e. The second-order valence-corrected chi connectivity index (χ2v) is 5.46. The van der Waals surface area contributed by atoms with Crippen molar-refractivity contribution in [2.45, 2.75) is 23.1 Å². The molecule has 1 aromatic rings. The molecule has 0 bridgehead atoms. The summed E-state index contributed by atoms with van der Waals surface area (Å²) in [6.07, 6.45) is 0. The smallest absolute Gasteiger partial charge is 0.237 e. The highest BCUT2D eigenvalue weighted by molar-refractivity contribution is 8.00. The first-order valence-electron chi connectivity index (χ1n) is 5.64. The molecule has 0 saturated heterocycles. The lowest BCUT2D eigenvalue weighted by molar-refractivity contribution is -0.115. The van der Waals surface area contributed by atoms with Gasteiger partial charge in [0.15, 0.2) is 0 Å². The van der Waals surface area contributed by atoms with Gasteiger partial charge in [0, 0.05) is 17.5 Å². The van der Waals surface area contributed by atoms with Crippen molar-refractivity contribution in [2.24, 2.45) is 5.73 Å². The number of anilines is 1. The van der Waals surface area contributed by atoms with Gasteiger partial charge in [-0.1, -0.05) is 6.07 Å². The molecule has 2 unspecified atom stereocenters. The zero-order valence-corrected chi connectivity index (χ0v) is 10.8. The van der Waals surface area contributed by atoms with Gasteiger partial charge in [-0.3, -0.25) is 4.79 Å². The Hall–Kier alpha value is -1.04. The van der Waals surface area contributed by atoms with Gasteiger partial charge >= 0.3 is 0 Å². The predicted molar refractivity (Wildman–Crippen MR) is 71.2 cm³/mol. The normalized spacial score (nSPS) is 20.6. The third kappa shape index (κ3) is 2.46. The number of carbonyl (C=O) groups excluding carboxylic acids is 1. The van der Waals surface area contributed by atoms with Crippen LogP contribution in [0.2, 0.25) is 0 Å². The minimum absolute atomic E-state index is 0.0250. The molecular weight excluding hydrogens is 234 g/mol. The van der Waals surface area contributed by atoms with Crippen LogP contribution in [0.5, 0.6) is 0 Å². The fraction of sp³-hybridized carbons (Fsp3) is 0.417. The van der Waals surface area contributed by atoms with Crippen LogP contribution in [0, 0.1) is 0 Å². The number of benzene rings is 1. The minimum atomic E-state index is -0.0250. The zero-order chi connectivity index (χ0) is 12.4. The van der Waals surface area contributed by atoms with E-state index in [4.69, 9.17) is 5.73 Å². The van der Waals surface area contributed by atoms with Gasteiger partial charge < -0.3 is 16.4 Å². The summed E-state index contributed by atoms with van der Waals surface area (Å²) in [5.41, 5.74) is 7.68. The first kappa shape index (κ1) is 12.4. The molecule has 0 fully saturated rings. The number of amides is 1. The highest BCUT2D eigenvalue weighted by Crippen LogP contribution is 2.36. The second kappa shape index (κ2) is 5.08. The molecule has 2 rings (SSSR count). The summed E-state index contributed by atoms with van der Waals surface area (Å²) in [7, 11) is 1.88. The maximum atomic E-state index is 11.6. The number of likely N-dealkylation sites (N-methyl/N-ethyl adjacent to an activating group) is 1. The molecule has 0 spiro atoms. The van der Waals surface area contributed by atoms with Gasteiger partial charge in [0.2, 0.25) is 5.91 Å². The number of hydrogen-bond donors (Lipinski definition) is 3. The molecule has 2 atom stereocenters. The Morgan fingerprint density at radius 3 is 3.00 bits per heavy atom. The van der Waals surface area contributed by atoms with E-state index in [9.17, 15) is 4.79 Å². The van der Waals surface area contributed by atoms with Crippen LogP contribution in [0.1, 0.15) is 18.5 Å². The lowest BCUT2D eigenvalue weighted by atomic mass is 10.1. The van der Waals surface area contributed by atoms with Gasteiger partial charge in [-0.05, 0) is 31.7 Å². The number of carbonyl (C=O) groups is 1. The van der Waals surface area contributed by atoms with Gasteiger partial charge in [-0.2, -0.15) is 0 Å². The van der Waals surface area contributed by atoms with Crippen molar-refractivity contribution in [1.29, 1.82) is 0 Å². The summed E-state index contributed by atoms with van der Waals surface area (Å²) in [5.74, 6) is 0.0633. The Bertz CT molecular complexity index is 432. The maximum absolute atomic E-state index is 11.6. The monoisotopic (exact) mass is 251 g/mol. The van der Waals surface area contributed by atoms with Crippen molar-refractivity contribution in [3.8, 4) is 0 Å². The van der Waals surface area contributed by atoms with E-state index in [0.717, 1.165) is 16.1 Å². The van der Waals surface area contributed by atoms with Gasteiger partial charge in [0.1, 0.15) is 0 Å². The first-order valence-corrected chi connectivity index (χ1v) is 6.52. The van der Waals surface area contributed by atoms with E-state index in [1.807, 2.05) is 26.1 Å². The third-order valence-corrected chi connectivity index (χ3v) is 4.10. The number of fused-ring (bicyclic) bond motifs is 1. The van der Waals surface area contributed by atoms with E-state index < -0.39 is 0 Å². The van der Waals surface area contributed by atoms with Crippen LogP contribution in [0.15, 0.2) is 23.1 Å². The topological polar surface area (TPSA) is 67.2 Å². The molecule has 1 aliphatic heterocycles. The van der Waals surface area contributed by atoms with Crippen LogP contribution in [-0.2, 0) is 4.79 Å². The fourth-order valence-corrected chi connectivity index (χ4v) is 2.79. The first-order chi connectivity index (χ1) is 8.15. The van der Waals surface area contributed by atoms with Gasteiger partial charge in [-0.25, -0.2) is 0 Å². The average Bonchev–Trinajstić information content (AvgIpc) is 2.32. The van der Waals surface area contributed by atoms with Crippen LogP contribution < -0.4 is 16.4 Å². The molecule has 4 N–H and O–H groups in total. The summed E-state index contributed by atoms with van der Waals surface area (Å²) < 4.78 is 0. The van der Waals surface area contributed by atoms with Crippen LogP contribution >= 0.6 is 11.8 Å². The largest absolute Gasteiger partial charge is 0.329 e. The van der Waals surface area contributed by atoms with Gasteiger partial charge in [0.05, 0.1) is 10.9 Å². The van der Waals surface area contributed by atoms with E-state index in [2.05, 4.69) is 16.7 Å².